The zero-order valence-electron chi connectivity index (χ0n) is 46.4. The molecule has 6 heteroatoms. The number of esters is 3. The Morgan fingerprint density at radius 3 is 0.903 bits per heavy atom. The zero-order chi connectivity index (χ0) is 52.2. The molecule has 0 aliphatic heterocycles. The fourth-order valence-corrected chi connectivity index (χ4v) is 7.61. The quantitative estimate of drug-likeness (QED) is 0.0261. The van der Waals surface area contributed by atoms with Crippen molar-refractivity contribution in [3.8, 4) is 0 Å². The van der Waals surface area contributed by atoms with Crippen molar-refractivity contribution in [1.29, 1.82) is 0 Å². The van der Waals surface area contributed by atoms with Crippen LogP contribution in [0.25, 0.3) is 0 Å². The molecule has 0 radical (unpaired) electrons. The van der Waals surface area contributed by atoms with E-state index in [1.54, 1.807) is 0 Å². The van der Waals surface area contributed by atoms with Crippen LogP contribution in [0.5, 0.6) is 0 Å². The Hall–Kier alpha value is -4.45. The average molecular weight is 996 g/mol. The van der Waals surface area contributed by atoms with E-state index in [1.165, 1.54) is 89.9 Å². The minimum absolute atomic E-state index is 0.109. The minimum Gasteiger partial charge on any atom is -0.462 e. The maximum atomic E-state index is 12.7. The number of unbranched alkanes of at least 4 members (excludes halogenated alkanes) is 18. The molecule has 0 heterocycles. The third kappa shape index (κ3) is 56.5. The summed E-state index contributed by atoms with van der Waals surface area (Å²) in [6.45, 7) is 6.30. The lowest BCUT2D eigenvalue weighted by molar-refractivity contribution is -0.166. The largest absolute Gasteiger partial charge is 0.462 e. The molecule has 0 spiro atoms. The van der Waals surface area contributed by atoms with Crippen molar-refractivity contribution in [2.45, 2.75) is 252 Å². The number of carbonyl (C=O) groups is 3. The van der Waals surface area contributed by atoms with E-state index in [0.29, 0.717) is 19.3 Å². The van der Waals surface area contributed by atoms with Crippen LogP contribution in [0, 0.1) is 0 Å². The highest BCUT2D eigenvalue weighted by Gasteiger charge is 2.19. The van der Waals surface area contributed by atoms with Crippen LogP contribution < -0.4 is 0 Å². The molecule has 0 fully saturated rings. The summed E-state index contributed by atoms with van der Waals surface area (Å²) >= 11 is 0. The van der Waals surface area contributed by atoms with E-state index < -0.39 is 12.1 Å². The highest BCUT2D eigenvalue weighted by molar-refractivity contribution is 5.71. The van der Waals surface area contributed by atoms with Crippen LogP contribution in [0.15, 0.2) is 134 Å². The van der Waals surface area contributed by atoms with Crippen molar-refractivity contribution in [2.75, 3.05) is 13.2 Å². The van der Waals surface area contributed by atoms with Gasteiger partial charge in [-0.2, -0.15) is 0 Å². The molecule has 0 bridgehead atoms. The second kappa shape index (κ2) is 59.1. The Kier molecular flexibility index (Phi) is 55.5. The van der Waals surface area contributed by atoms with Gasteiger partial charge in [0.2, 0.25) is 0 Å². The standard InChI is InChI=1S/C66H106O6/c1-4-7-10-13-16-19-21-23-24-25-26-27-28-29-30-31-32-33-34-35-36-37-38-39-40-41-42-44-45-47-50-53-56-59-65(68)71-62-63(61-70-64(67)58-55-52-49-18-15-12-9-6-3)72-66(69)60-57-54-51-48-46-43-22-20-17-14-11-8-5-2/h7-8,10-11,16-17,19-20,23-24,26-27,29-30,32-33,35-36,43,46,51,54,63H,4-6,9,12-15,18,21-22,25,28,31,34,37-42,44-45,47-50,52-53,55-62H2,1-3H3/b10-7-,11-8-,19-16-,20-17-,24-23-,27-26-,30-29-,33-32-,36-35-,46-43-,54-51-. The summed E-state index contributed by atoms with van der Waals surface area (Å²) in [5, 5.41) is 0. The minimum atomic E-state index is -0.817. The van der Waals surface area contributed by atoms with Crippen molar-refractivity contribution in [3.63, 3.8) is 0 Å². The summed E-state index contributed by atoms with van der Waals surface area (Å²) in [5.74, 6) is -1.00. The van der Waals surface area contributed by atoms with E-state index in [2.05, 4.69) is 142 Å². The van der Waals surface area contributed by atoms with E-state index in [-0.39, 0.29) is 31.6 Å². The first kappa shape index (κ1) is 67.5. The van der Waals surface area contributed by atoms with Crippen LogP contribution in [0.2, 0.25) is 0 Å². The van der Waals surface area contributed by atoms with Crippen LogP contribution in [0.4, 0.5) is 0 Å². The Morgan fingerprint density at radius 2 is 0.569 bits per heavy atom. The van der Waals surface area contributed by atoms with Gasteiger partial charge in [-0.15, -0.1) is 0 Å². The van der Waals surface area contributed by atoms with Gasteiger partial charge in [0.05, 0.1) is 0 Å². The summed E-state index contributed by atoms with van der Waals surface area (Å²) in [5.41, 5.74) is 0. The normalized spacial score (nSPS) is 13.1. The topological polar surface area (TPSA) is 78.9 Å². The molecule has 0 rings (SSSR count). The summed E-state index contributed by atoms with van der Waals surface area (Å²) < 4.78 is 16.7. The highest BCUT2D eigenvalue weighted by atomic mass is 16.6. The third-order valence-corrected chi connectivity index (χ3v) is 11.9. The first-order valence-electron chi connectivity index (χ1n) is 29.2. The SMILES string of the molecule is CC/C=C\C/C=C\C/C=C\C/C=C\C/C=C\C/C=C\C/C=C\CCCCCCCCCCCCCC(=O)OCC(COC(=O)CCCCCCCCCC)OC(=O)CC/C=C\C/C=C\C/C=C\C/C=C\CC. The zero-order valence-corrected chi connectivity index (χ0v) is 46.4. The third-order valence-electron chi connectivity index (χ3n) is 11.9. The van der Waals surface area contributed by atoms with Gasteiger partial charge in [0.1, 0.15) is 13.2 Å². The lowest BCUT2D eigenvalue weighted by Crippen LogP contribution is -2.30. The maximum Gasteiger partial charge on any atom is 0.306 e. The molecule has 1 atom stereocenters. The summed E-state index contributed by atoms with van der Waals surface area (Å²) in [4.78, 5) is 37.9. The molecule has 0 aliphatic rings. The number of hydrogen-bond donors (Lipinski definition) is 0. The van der Waals surface area contributed by atoms with Crippen LogP contribution in [0.3, 0.4) is 0 Å². The van der Waals surface area contributed by atoms with Gasteiger partial charge >= 0.3 is 17.9 Å². The van der Waals surface area contributed by atoms with Crippen molar-refractivity contribution < 1.29 is 28.6 Å². The second-order valence-corrected chi connectivity index (χ2v) is 18.8. The second-order valence-electron chi connectivity index (χ2n) is 18.8. The average Bonchev–Trinajstić information content (AvgIpc) is 3.38. The fourth-order valence-electron chi connectivity index (χ4n) is 7.61. The van der Waals surface area contributed by atoms with Gasteiger partial charge < -0.3 is 14.2 Å². The first-order chi connectivity index (χ1) is 35.5. The highest BCUT2D eigenvalue weighted by Crippen LogP contribution is 2.14. The maximum absolute atomic E-state index is 12.7. The predicted molar refractivity (Wildman–Crippen MR) is 311 cm³/mol. The lowest BCUT2D eigenvalue weighted by atomic mass is 10.0. The summed E-state index contributed by atoms with van der Waals surface area (Å²) in [7, 11) is 0. The number of ether oxygens (including phenoxy) is 3. The van der Waals surface area contributed by atoms with Gasteiger partial charge in [-0.25, -0.2) is 0 Å². The van der Waals surface area contributed by atoms with Crippen LogP contribution in [-0.4, -0.2) is 37.2 Å². The number of hydrogen-bond acceptors (Lipinski definition) is 6. The smallest absolute Gasteiger partial charge is 0.306 e. The van der Waals surface area contributed by atoms with E-state index in [0.717, 1.165) is 109 Å². The molecule has 0 aromatic rings. The Labute approximate surface area is 443 Å². The molecule has 1 unspecified atom stereocenters. The van der Waals surface area contributed by atoms with E-state index in [4.69, 9.17) is 14.2 Å². The van der Waals surface area contributed by atoms with Crippen molar-refractivity contribution in [2.24, 2.45) is 0 Å². The predicted octanol–water partition coefficient (Wildman–Crippen LogP) is 19.8. The van der Waals surface area contributed by atoms with Crippen LogP contribution in [-0.2, 0) is 28.6 Å². The molecule has 0 aliphatic carbocycles. The summed E-state index contributed by atoms with van der Waals surface area (Å²) in [6.07, 6.45) is 83.5. The van der Waals surface area contributed by atoms with E-state index in [1.807, 2.05) is 12.2 Å². The van der Waals surface area contributed by atoms with Crippen molar-refractivity contribution in [3.05, 3.63) is 134 Å². The number of carbonyl (C=O) groups excluding carboxylic acids is 3. The van der Waals surface area contributed by atoms with Gasteiger partial charge in [0.15, 0.2) is 6.10 Å². The monoisotopic (exact) mass is 995 g/mol. The lowest BCUT2D eigenvalue weighted by Gasteiger charge is -2.18. The molecule has 406 valence electrons. The molecular formula is C66H106O6. The fraction of sp³-hybridized carbons (Fsp3) is 0.621. The van der Waals surface area contributed by atoms with E-state index in [9.17, 15) is 14.4 Å². The molecule has 0 saturated heterocycles. The van der Waals surface area contributed by atoms with Crippen LogP contribution >= 0.6 is 0 Å². The number of rotatable bonds is 51. The Balaban J connectivity index is 4.15. The molecule has 72 heavy (non-hydrogen) atoms. The number of allylic oxidation sites excluding steroid dienone is 22. The van der Waals surface area contributed by atoms with Crippen LogP contribution in [0.1, 0.15) is 245 Å². The Morgan fingerprint density at radius 1 is 0.292 bits per heavy atom. The summed E-state index contributed by atoms with van der Waals surface area (Å²) in [6, 6.07) is 0. The molecule has 0 amide bonds. The Bertz CT molecular complexity index is 1560. The van der Waals surface area contributed by atoms with Gasteiger partial charge in [0, 0.05) is 19.3 Å². The van der Waals surface area contributed by atoms with Gasteiger partial charge in [-0.3, -0.25) is 14.4 Å². The van der Waals surface area contributed by atoms with Crippen molar-refractivity contribution in [1.82, 2.24) is 0 Å². The van der Waals surface area contributed by atoms with Crippen molar-refractivity contribution >= 4 is 17.9 Å². The van der Waals surface area contributed by atoms with Gasteiger partial charge in [0.25, 0.3) is 0 Å². The molecule has 0 aromatic heterocycles. The van der Waals surface area contributed by atoms with Gasteiger partial charge in [-0.1, -0.05) is 257 Å². The van der Waals surface area contributed by atoms with Gasteiger partial charge in [-0.05, 0) is 103 Å². The first-order valence-corrected chi connectivity index (χ1v) is 29.2. The molecule has 0 saturated carbocycles. The molecular weight excluding hydrogens is 889 g/mol. The molecule has 0 aromatic carbocycles. The molecule has 6 nitrogen and oxygen atoms in total. The van der Waals surface area contributed by atoms with E-state index >= 15 is 0 Å². The molecule has 0 N–H and O–H groups in total.